The van der Waals surface area contributed by atoms with Crippen molar-refractivity contribution in [2.24, 2.45) is 0 Å². The number of aryl methyl sites for hydroxylation is 1. The van der Waals surface area contributed by atoms with Crippen LogP contribution >= 0.6 is 0 Å². The van der Waals surface area contributed by atoms with Crippen molar-refractivity contribution < 1.29 is 23.8 Å². The molecule has 1 saturated heterocycles. The molecule has 2 heterocycles. The molecule has 27 heavy (non-hydrogen) atoms. The van der Waals surface area contributed by atoms with Crippen molar-refractivity contribution in [1.82, 2.24) is 4.90 Å². The molecule has 0 aliphatic carbocycles. The smallest absolute Gasteiger partial charge is 0.305 e. The molecule has 2 unspecified atom stereocenters. The number of carbonyl (C=O) groups is 2. The Morgan fingerprint density at radius 3 is 2.74 bits per heavy atom. The van der Waals surface area contributed by atoms with Crippen LogP contribution in [0.15, 0.2) is 22.8 Å². The van der Waals surface area contributed by atoms with Gasteiger partial charge in [-0.2, -0.15) is 0 Å². The van der Waals surface area contributed by atoms with Crippen LogP contribution in [0.5, 0.6) is 0 Å². The van der Waals surface area contributed by atoms with E-state index in [9.17, 15) is 9.59 Å². The highest BCUT2D eigenvalue weighted by Crippen LogP contribution is 2.30. The van der Waals surface area contributed by atoms with Gasteiger partial charge in [-0.25, -0.2) is 0 Å². The standard InChI is InChI=1S/C21H27NO5/c1-12(2)17-9-18-14(11-27-19(18)5-13(17)3)6-20(23)22-10-16(26-4)7-15(22)8-21(24)25/h5,9,11-12,15-16H,6-8,10H2,1-4H3,(H,24,25). The molecule has 3 rings (SSSR count). The molecule has 1 aromatic carbocycles. The van der Waals surface area contributed by atoms with Crippen molar-refractivity contribution in [3.8, 4) is 0 Å². The molecule has 1 N–H and O–H groups in total. The van der Waals surface area contributed by atoms with Gasteiger partial charge < -0.3 is 19.2 Å². The van der Waals surface area contributed by atoms with Crippen molar-refractivity contribution in [3.05, 3.63) is 35.1 Å². The quantitative estimate of drug-likeness (QED) is 0.838. The number of hydrogen-bond acceptors (Lipinski definition) is 4. The zero-order chi connectivity index (χ0) is 19.7. The molecule has 1 aliphatic heterocycles. The lowest BCUT2D eigenvalue weighted by atomic mass is 9.95. The van der Waals surface area contributed by atoms with E-state index < -0.39 is 5.97 Å². The number of fused-ring (bicyclic) bond motifs is 1. The topological polar surface area (TPSA) is 80.0 Å². The molecular formula is C21H27NO5. The molecule has 1 aromatic heterocycles. The van der Waals surface area contributed by atoms with E-state index in [4.69, 9.17) is 14.3 Å². The van der Waals surface area contributed by atoms with E-state index in [2.05, 4.69) is 26.8 Å². The minimum absolute atomic E-state index is 0.0611. The lowest BCUT2D eigenvalue weighted by Gasteiger charge is -2.23. The van der Waals surface area contributed by atoms with E-state index in [1.807, 2.05) is 6.07 Å². The van der Waals surface area contributed by atoms with Gasteiger partial charge in [0.25, 0.3) is 0 Å². The summed E-state index contributed by atoms with van der Waals surface area (Å²) in [5, 5.41) is 10.1. The summed E-state index contributed by atoms with van der Waals surface area (Å²) in [6.07, 6.45) is 2.21. The molecule has 6 nitrogen and oxygen atoms in total. The van der Waals surface area contributed by atoms with E-state index >= 15 is 0 Å². The van der Waals surface area contributed by atoms with Gasteiger partial charge in [-0.05, 0) is 42.5 Å². The highest BCUT2D eigenvalue weighted by atomic mass is 16.5. The largest absolute Gasteiger partial charge is 0.481 e. The van der Waals surface area contributed by atoms with E-state index in [1.165, 1.54) is 11.1 Å². The van der Waals surface area contributed by atoms with Crippen LogP contribution in [0.4, 0.5) is 0 Å². The second-order valence-electron chi connectivity index (χ2n) is 7.69. The first-order valence-electron chi connectivity index (χ1n) is 9.34. The summed E-state index contributed by atoms with van der Waals surface area (Å²) in [5.74, 6) is -0.607. The van der Waals surface area contributed by atoms with Crippen LogP contribution in [-0.4, -0.2) is 47.7 Å². The zero-order valence-electron chi connectivity index (χ0n) is 16.3. The van der Waals surface area contributed by atoms with E-state index in [0.29, 0.717) is 18.9 Å². The number of carboxylic acids is 1. The number of benzene rings is 1. The molecule has 1 amide bonds. The SMILES string of the molecule is COC1CC(CC(=O)O)N(C(=O)Cc2coc3cc(C)c(C(C)C)cc23)C1. The number of ether oxygens (including phenoxy) is 1. The molecule has 0 bridgehead atoms. The summed E-state index contributed by atoms with van der Waals surface area (Å²) in [6, 6.07) is 3.80. The third-order valence-electron chi connectivity index (χ3n) is 5.45. The van der Waals surface area contributed by atoms with Crippen LogP contribution in [0.25, 0.3) is 11.0 Å². The number of carbonyl (C=O) groups excluding carboxylic acids is 1. The molecule has 0 saturated carbocycles. The molecule has 0 radical (unpaired) electrons. The first-order valence-corrected chi connectivity index (χ1v) is 9.34. The predicted molar refractivity (Wildman–Crippen MR) is 102 cm³/mol. The van der Waals surface area contributed by atoms with E-state index in [0.717, 1.165) is 16.5 Å². The van der Waals surface area contributed by atoms with Crippen LogP contribution in [0.1, 0.15) is 49.3 Å². The van der Waals surface area contributed by atoms with Crippen molar-refractivity contribution in [2.45, 2.75) is 58.1 Å². The second kappa shape index (κ2) is 7.72. The van der Waals surface area contributed by atoms with Crippen molar-refractivity contribution in [3.63, 3.8) is 0 Å². The number of nitrogens with zero attached hydrogens (tertiary/aromatic N) is 1. The monoisotopic (exact) mass is 373 g/mol. The summed E-state index contributed by atoms with van der Waals surface area (Å²) >= 11 is 0. The van der Waals surface area contributed by atoms with Gasteiger partial charge in [-0.1, -0.05) is 13.8 Å². The number of hydrogen-bond donors (Lipinski definition) is 1. The maximum Gasteiger partial charge on any atom is 0.305 e. The Hall–Kier alpha value is -2.34. The Balaban J connectivity index is 1.84. The van der Waals surface area contributed by atoms with E-state index in [1.54, 1.807) is 18.3 Å². The summed E-state index contributed by atoms with van der Waals surface area (Å²) in [7, 11) is 1.59. The van der Waals surface area contributed by atoms with Crippen LogP contribution in [0.3, 0.4) is 0 Å². The minimum Gasteiger partial charge on any atom is -0.481 e. The van der Waals surface area contributed by atoms with Crippen molar-refractivity contribution >= 4 is 22.8 Å². The summed E-state index contributed by atoms with van der Waals surface area (Å²) in [6.45, 7) is 6.78. The highest BCUT2D eigenvalue weighted by molar-refractivity contribution is 5.89. The normalized spacial score (nSPS) is 20.0. The number of aliphatic carboxylic acids is 1. The lowest BCUT2D eigenvalue weighted by Crippen LogP contribution is -2.38. The Labute approximate surface area is 159 Å². The number of rotatable bonds is 6. The van der Waals surface area contributed by atoms with Gasteiger partial charge >= 0.3 is 5.97 Å². The molecule has 1 aliphatic rings. The van der Waals surface area contributed by atoms with Gasteiger partial charge in [0, 0.05) is 30.6 Å². The molecule has 0 spiro atoms. The molecule has 6 heteroatoms. The van der Waals surface area contributed by atoms with Gasteiger partial charge in [-0.15, -0.1) is 0 Å². The van der Waals surface area contributed by atoms with Crippen LogP contribution in [0.2, 0.25) is 0 Å². The predicted octanol–water partition coefficient (Wildman–Crippen LogP) is 3.50. The van der Waals surface area contributed by atoms with Crippen LogP contribution < -0.4 is 0 Å². The average molecular weight is 373 g/mol. The maximum absolute atomic E-state index is 12.9. The van der Waals surface area contributed by atoms with Gasteiger partial charge in [0.05, 0.1) is 25.2 Å². The summed E-state index contributed by atoms with van der Waals surface area (Å²) in [4.78, 5) is 25.7. The Morgan fingerprint density at radius 1 is 1.37 bits per heavy atom. The third kappa shape index (κ3) is 4.00. The van der Waals surface area contributed by atoms with Crippen LogP contribution in [-0.2, 0) is 20.7 Å². The fourth-order valence-electron chi connectivity index (χ4n) is 4.01. The number of furan rings is 1. The van der Waals surface area contributed by atoms with Crippen molar-refractivity contribution in [1.29, 1.82) is 0 Å². The average Bonchev–Trinajstić information content (AvgIpc) is 3.17. The zero-order valence-corrected chi connectivity index (χ0v) is 16.3. The Bertz CT molecular complexity index is 854. The fourth-order valence-corrected chi connectivity index (χ4v) is 4.01. The Kier molecular flexibility index (Phi) is 5.56. The van der Waals surface area contributed by atoms with Gasteiger partial charge in [0.2, 0.25) is 5.91 Å². The molecule has 2 atom stereocenters. The fraction of sp³-hybridized carbons (Fsp3) is 0.524. The molecule has 1 fully saturated rings. The number of amides is 1. The third-order valence-corrected chi connectivity index (χ3v) is 5.45. The lowest BCUT2D eigenvalue weighted by molar-refractivity contribution is -0.139. The van der Waals surface area contributed by atoms with Crippen LogP contribution in [0, 0.1) is 6.92 Å². The van der Waals surface area contributed by atoms with Gasteiger partial charge in [0.1, 0.15) is 5.58 Å². The summed E-state index contributed by atoms with van der Waals surface area (Å²) in [5.41, 5.74) is 4.03. The first-order chi connectivity index (χ1) is 12.8. The maximum atomic E-state index is 12.9. The van der Waals surface area contributed by atoms with Crippen molar-refractivity contribution in [2.75, 3.05) is 13.7 Å². The second-order valence-corrected chi connectivity index (χ2v) is 7.69. The summed E-state index contributed by atoms with van der Waals surface area (Å²) < 4.78 is 11.0. The minimum atomic E-state index is -0.902. The van der Waals surface area contributed by atoms with Gasteiger partial charge in [0.15, 0.2) is 0 Å². The number of likely N-dealkylation sites (tertiary alicyclic amines) is 1. The molecular weight excluding hydrogens is 346 g/mol. The molecule has 146 valence electrons. The van der Waals surface area contributed by atoms with E-state index in [-0.39, 0.29) is 30.9 Å². The number of carboxylic acid groups (broad SMARTS) is 1. The molecule has 2 aromatic rings. The van der Waals surface area contributed by atoms with Gasteiger partial charge in [-0.3, -0.25) is 9.59 Å². The Morgan fingerprint density at radius 2 is 2.11 bits per heavy atom. The highest BCUT2D eigenvalue weighted by Gasteiger charge is 2.36. The number of methoxy groups -OCH3 is 1. The first kappa shape index (κ1) is 19.4.